The second-order valence-electron chi connectivity index (χ2n) is 7.19. The van der Waals surface area contributed by atoms with Crippen LogP contribution >= 0.6 is 22.6 Å². The average Bonchev–Trinajstić information content (AvgIpc) is 3.13. The van der Waals surface area contributed by atoms with Crippen molar-refractivity contribution in [3.8, 4) is 11.5 Å². The smallest absolute Gasteiger partial charge is 0.257 e. The first-order valence-electron chi connectivity index (χ1n) is 10.1. The molecule has 3 amide bonds. The second-order valence-corrected chi connectivity index (χ2v) is 8.44. The third kappa shape index (κ3) is 5.28. The molecule has 0 spiro atoms. The maximum absolute atomic E-state index is 13.5. The minimum Gasteiger partial charge on any atom is -0.493 e. The normalized spacial score (nSPS) is 15.8. The molecule has 9 nitrogen and oxygen atoms in total. The molecule has 176 valence electrons. The first kappa shape index (κ1) is 24.9. The van der Waals surface area contributed by atoms with E-state index >= 15 is 0 Å². The number of amides is 3. The van der Waals surface area contributed by atoms with Gasteiger partial charge in [-0.05, 0) is 65.1 Å². The molecule has 0 N–H and O–H groups in total. The lowest BCUT2D eigenvalue weighted by molar-refractivity contribution is -0.128. The number of rotatable bonds is 9. The van der Waals surface area contributed by atoms with Crippen LogP contribution in [0, 0.1) is 3.57 Å². The van der Waals surface area contributed by atoms with E-state index < -0.39 is 24.1 Å². The van der Waals surface area contributed by atoms with Crippen molar-refractivity contribution < 1.29 is 33.3 Å². The number of benzene rings is 2. The third-order valence-electron chi connectivity index (χ3n) is 5.35. The first-order chi connectivity index (χ1) is 15.8. The topological polar surface area (TPSA) is 94.6 Å². The second kappa shape index (κ2) is 10.9. The molecule has 2 aromatic rings. The van der Waals surface area contributed by atoms with Crippen LogP contribution in [0.3, 0.4) is 0 Å². The van der Waals surface area contributed by atoms with Gasteiger partial charge in [-0.3, -0.25) is 14.4 Å². The zero-order valence-corrected chi connectivity index (χ0v) is 20.9. The Labute approximate surface area is 205 Å². The highest BCUT2D eigenvalue weighted by molar-refractivity contribution is 14.1. The Morgan fingerprint density at radius 1 is 1.03 bits per heavy atom. The van der Waals surface area contributed by atoms with Crippen LogP contribution in [0.4, 0.5) is 5.69 Å². The molecule has 33 heavy (non-hydrogen) atoms. The third-order valence-corrected chi connectivity index (χ3v) is 6.07. The van der Waals surface area contributed by atoms with Gasteiger partial charge in [0.15, 0.2) is 17.8 Å². The zero-order valence-electron chi connectivity index (χ0n) is 18.7. The van der Waals surface area contributed by atoms with E-state index in [4.69, 9.17) is 18.9 Å². The van der Waals surface area contributed by atoms with Gasteiger partial charge in [0.25, 0.3) is 11.8 Å². The predicted molar refractivity (Wildman–Crippen MR) is 128 cm³/mol. The summed E-state index contributed by atoms with van der Waals surface area (Å²) in [5.74, 6) is -0.508. The van der Waals surface area contributed by atoms with Crippen LogP contribution in [0.5, 0.6) is 11.5 Å². The lowest BCUT2D eigenvalue weighted by Gasteiger charge is -2.30. The molecule has 0 bridgehead atoms. The molecule has 10 heteroatoms. The fraction of sp³-hybridized carbons (Fsp3) is 0.348. The lowest BCUT2D eigenvalue weighted by Crippen LogP contribution is -2.49. The SMILES string of the molecule is COc1ccc(C(=O)N(CC(OC)OC)C2CC(=O)N(c3ccc(I)cc3)C2=O)cc1OC. The molecule has 1 fully saturated rings. The summed E-state index contributed by atoms with van der Waals surface area (Å²) < 4.78 is 22.1. The monoisotopic (exact) mass is 568 g/mol. The Hall–Kier alpha value is -2.70. The Morgan fingerprint density at radius 2 is 1.67 bits per heavy atom. The van der Waals surface area contributed by atoms with Gasteiger partial charge in [-0.25, -0.2) is 4.90 Å². The number of carbonyl (C=O) groups excluding carboxylic acids is 3. The average molecular weight is 568 g/mol. The number of carbonyl (C=O) groups is 3. The van der Waals surface area contributed by atoms with Gasteiger partial charge in [0, 0.05) is 23.4 Å². The van der Waals surface area contributed by atoms with Gasteiger partial charge in [-0.15, -0.1) is 0 Å². The van der Waals surface area contributed by atoms with Crippen molar-refractivity contribution in [2.24, 2.45) is 0 Å². The molecular formula is C23H25IN2O7. The maximum atomic E-state index is 13.5. The number of ether oxygens (including phenoxy) is 4. The van der Waals surface area contributed by atoms with Crippen LogP contribution in [-0.2, 0) is 19.1 Å². The van der Waals surface area contributed by atoms with Gasteiger partial charge in [0.1, 0.15) is 6.04 Å². The van der Waals surface area contributed by atoms with E-state index in [1.54, 1.807) is 24.3 Å². The van der Waals surface area contributed by atoms with Crippen LogP contribution in [0.25, 0.3) is 0 Å². The summed E-state index contributed by atoms with van der Waals surface area (Å²) >= 11 is 2.14. The molecule has 0 saturated carbocycles. The molecule has 2 aromatic carbocycles. The van der Waals surface area contributed by atoms with E-state index in [2.05, 4.69) is 22.6 Å². The van der Waals surface area contributed by atoms with Crippen molar-refractivity contribution in [3.05, 3.63) is 51.6 Å². The van der Waals surface area contributed by atoms with E-state index in [-0.39, 0.29) is 24.4 Å². The molecule has 1 heterocycles. The summed E-state index contributed by atoms with van der Waals surface area (Å²) in [7, 11) is 5.84. The van der Waals surface area contributed by atoms with Crippen molar-refractivity contribution in [1.29, 1.82) is 0 Å². The largest absolute Gasteiger partial charge is 0.493 e. The number of imide groups is 1. The van der Waals surface area contributed by atoms with Gasteiger partial charge < -0.3 is 23.8 Å². The predicted octanol–water partition coefficient (Wildman–Crippen LogP) is 2.70. The molecule has 1 unspecified atom stereocenters. The molecule has 0 aromatic heterocycles. The van der Waals surface area contributed by atoms with E-state index in [1.807, 2.05) is 12.1 Å². The minimum absolute atomic E-state index is 0.0512. The Bertz CT molecular complexity index is 1020. The highest BCUT2D eigenvalue weighted by Crippen LogP contribution is 2.31. The number of anilines is 1. The summed E-state index contributed by atoms with van der Waals surface area (Å²) in [4.78, 5) is 42.1. The highest BCUT2D eigenvalue weighted by Gasteiger charge is 2.45. The molecule has 1 aliphatic rings. The van der Waals surface area contributed by atoms with E-state index in [9.17, 15) is 14.4 Å². The van der Waals surface area contributed by atoms with Crippen LogP contribution in [0.2, 0.25) is 0 Å². The Kier molecular flexibility index (Phi) is 8.27. The number of hydrogen-bond donors (Lipinski definition) is 0. The van der Waals surface area contributed by atoms with Crippen LogP contribution in [0.1, 0.15) is 16.8 Å². The van der Waals surface area contributed by atoms with Gasteiger partial charge in [-0.1, -0.05) is 0 Å². The highest BCUT2D eigenvalue weighted by atomic mass is 127. The quantitative estimate of drug-likeness (QED) is 0.261. The van der Waals surface area contributed by atoms with Gasteiger partial charge in [0.05, 0.1) is 32.9 Å². The summed E-state index contributed by atoms with van der Waals surface area (Å²) in [6.45, 7) is -0.0512. The minimum atomic E-state index is -1.01. The molecule has 1 aliphatic heterocycles. The van der Waals surface area contributed by atoms with Crippen LogP contribution < -0.4 is 14.4 Å². The number of halogens is 1. The number of methoxy groups -OCH3 is 4. The zero-order chi connectivity index (χ0) is 24.1. The van der Waals surface area contributed by atoms with Crippen LogP contribution in [-0.4, -0.2) is 69.9 Å². The molecule has 0 radical (unpaired) electrons. The number of hydrogen-bond acceptors (Lipinski definition) is 7. The van der Waals surface area contributed by atoms with Crippen molar-refractivity contribution in [2.75, 3.05) is 39.9 Å². The molecule has 1 atom stereocenters. The fourth-order valence-electron chi connectivity index (χ4n) is 3.61. The summed E-state index contributed by atoms with van der Waals surface area (Å²) in [6.07, 6.45) is -0.936. The van der Waals surface area contributed by atoms with Gasteiger partial charge in [0.2, 0.25) is 5.91 Å². The molecule has 1 saturated heterocycles. The van der Waals surface area contributed by atoms with E-state index in [1.165, 1.54) is 39.4 Å². The lowest BCUT2D eigenvalue weighted by atomic mass is 10.1. The molecule has 3 rings (SSSR count). The van der Waals surface area contributed by atoms with Gasteiger partial charge in [-0.2, -0.15) is 0 Å². The summed E-state index contributed by atoms with van der Waals surface area (Å²) in [5.41, 5.74) is 0.730. The molecular weight excluding hydrogens is 543 g/mol. The van der Waals surface area contributed by atoms with Crippen molar-refractivity contribution in [3.63, 3.8) is 0 Å². The summed E-state index contributed by atoms with van der Waals surface area (Å²) in [6, 6.07) is 10.7. The standard InChI is InChI=1S/C23H25IN2O7/c1-30-18-10-5-14(11-19(18)31-2)22(28)25(13-21(32-3)33-4)17-12-20(27)26(23(17)29)16-8-6-15(24)7-9-16/h5-11,17,21H,12-13H2,1-4H3. The van der Waals surface area contributed by atoms with Crippen molar-refractivity contribution >= 4 is 46.0 Å². The fourth-order valence-corrected chi connectivity index (χ4v) is 3.97. The van der Waals surface area contributed by atoms with Crippen molar-refractivity contribution in [1.82, 2.24) is 4.90 Å². The van der Waals surface area contributed by atoms with Crippen LogP contribution in [0.15, 0.2) is 42.5 Å². The summed E-state index contributed by atoms with van der Waals surface area (Å²) in [5, 5.41) is 0. The Morgan fingerprint density at radius 3 is 2.24 bits per heavy atom. The van der Waals surface area contributed by atoms with Crippen molar-refractivity contribution in [2.45, 2.75) is 18.8 Å². The maximum Gasteiger partial charge on any atom is 0.257 e. The molecule has 0 aliphatic carbocycles. The van der Waals surface area contributed by atoms with E-state index in [0.29, 0.717) is 17.2 Å². The van der Waals surface area contributed by atoms with E-state index in [0.717, 1.165) is 8.47 Å². The number of nitrogens with zero attached hydrogens (tertiary/aromatic N) is 2. The first-order valence-corrected chi connectivity index (χ1v) is 11.1. The van der Waals surface area contributed by atoms with Gasteiger partial charge >= 0.3 is 0 Å². The Balaban J connectivity index is 1.97.